The first-order chi connectivity index (χ1) is 15.9. The number of carboxylic acids is 1. The summed E-state index contributed by atoms with van der Waals surface area (Å²) in [5.41, 5.74) is 2.63. The quantitative estimate of drug-likeness (QED) is 0.344. The van der Waals surface area contributed by atoms with Crippen LogP contribution in [0.4, 0.5) is 17.1 Å². The molecule has 0 amide bonds. The Morgan fingerprint density at radius 1 is 0.818 bits per heavy atom. The Balaban J connectivity index is 2.10. The van der Waals surface area contributed by atoms with Crippen molar-refractivity contribution in [2.45, 2.75) is 0 Å². The van der Waals surface area contributed by atoms with E-state index in [9.17, 15) is 19.5 Å². The van der Waals surface area contributed by atoms with Gasteiger partial charge in [-0.1, -0.05) is 54.6 Å². The van der Waals surface area contributed by atoms with Crippen molar-refractivity contribution in [3.63, 3.8) is 0 Å². The summed E-state index contributed by atoms with van der Waals surface area (Å²) in [6.45, 7) is 0. The molecule has 3 N–H and O–H groups in total. The van der Waals surface area contributed by atoms with E-state index in [0.717, 1.165) is 24.3 Å². The summed E-state index contributed by atoms with van der Waals surface area (Å²) in [5.74, 6) is -2.77. The number of nitrogens with one attached hydrogen (secondary N) is 2. The number of carbonyl (C=O) groups excluding carboxylic acids is 2. The molecule has 0 unspecified atom stereocenters. The van der Waals surface area contributed by atoms with Crippen LogP contribution in [0.25, 0.3) is 11.1 Å². The number of aromatic carboxylic acids is 1. The van der Waals surface area contributed by atoms with Gasteiger partial charge in [0.05, 0.1) is 37.2 Å². The molecule has 0 aromatic heterocycles. The van der Waals surface area contributed by atoms with E-state index in [4.69, 9.17) is 4.74 Å². The smallest absolute Gasteiger partial charge is 0.354 e. The van der Waals surface area contributed by atoms with Crippen LogP contribution in [0.1, 0.15) is 10.4 Å². The van der Waals surface area contributed by atoms with Gasteiger partial charge in [0.25, 0.3) is 0 Å². The van der Waals surface area contributed by atoms with Crippen LogP contribution in [0, 0.1) is 0 Å². The van der Waals surface area contributed by atoms with Gasteiger partial charge in [0, 0.05) is 11.3 Å². The van der Waals surface area contributed by atoms with Gasteiger partial charge in [-0.3, -0.25) is 0 Å². The highest BCUT2D eigenvalue weighted by Gasteiger charge is 2.19. The molecule has 0 saturated heterocycles. The number of esters is 2. The molecular formula is C25H22N2O6. The van der Waals surface area contributed by atoms with Gasteiger partial charge in [0.1, 0.15) is 5.70 Å². The third kappa shape index (κ3) is 5.56. The average molecular weight is 446 g/mol. The molecule has 8 heteroatoms. The number of rotatable bonds is 8. The first-order valence-corrected chi connectivity index (χ1v) is 9.87. The molecule has 0 radical (unpaired) electrons. The second-order valence-corrected chi connectivity index (χ2v) is 6.77. The number of methoxy groups -OCH3 is 2. The normalized spacial score (nSPS) is 10.8. The lowest BCUT2D eigenvalue weighted by molar-refractivity contribution is -0.138. The fraction of sp³-hybridized carbons (Fsp3) is 0.0800. The highest BCUT2D eigenvalue weighted by atomic mass is 16.5. The van der Waals surface area contributed by atoms with Gasteiger partial charge >= 0.3 is 17.9 Å². The van der Waals surface area contributed by atoms with E-state index in [0.29, 0.717) is 5.69 Å². The molecule has 3 aromatic rings. The molecule has 0 heterocycles. The topological polar surface area (TPSA) is 114 Å². The molecule has 8 nitrogen and oxygen atoms in total. The molecule has 0 saturated carbocycles. The Labute approximate surface area is 190 Å². The second kappa shape index (κ2) is 10.6. The van der Waals surface area contributed by atoms with Crippen LogP contribution in [0.3, 0.4) is 0 Å². The van der Waals surface area contributed by atoms with Crippen molar-refractivity contribution < 1.29 is 29.0 Å². The van der Waals surface area contributed by atoms with Gasteiger partial charge < -0.3 is 25.2 Å². The van der Waals surface area contributed by atoms with Gasteiger partial charge in [-0.2, -0.15) is 0 Å². The van der Waals surface area contributed by atoms with E-state index in [1.54, 1.807) is 6.07 Å². The average Bonchev–Trinajstić information content (AvgIpc) is 2.84. The molecule has 0 fully saturated rings. The Morgan fingerprint density at radius 3 is 2.15 bits per heavy atom. The summed E-state index contributed by atoms with van der Waals surface area (Å²) in [7, 11) is 2.34. The zero-order valence-electron chi connectivity index (χ0n) is 18.0. The van der Waals surface area contributed by atoms with Crippen LogP contribution < -0.4 is 10.6 Å². The maximum Gasteiger partial charge on any atom is 0.354 e. The largest absolute Gasteiger partial charge is 0.478 e. The second-order valence-electron chi connectivity index (χ2n) is 6.77. The first-order valence-electron chi connectivity index (χ1n) is 9.87. The lowest BCUT2D eigenvalue weighted by atomic mass is 10.0. The molecule has 0 aliphatic heterocycles. The minimum Gasteiger partial charge on any atom is -0.478 e. The maximum atomic E-state index is 12.2. The van der Waals surface area contributed by atoms with Crippen LogP contribution in [0.15, 0.2) is 84.6 Å². The van der Waals surface area contributed by atoms with E-state index in [1.165, 1.54) is 19.2 Å². The van der Waals surface area contributed by atoms with Crippen LogP contribution in [0.2, 0.25) is 0 Å². The third-order valence-electron chi connectivity index (χ3n) is 4.70. The third-order valence-corrected chi connectivity index (χ3v) is 4.70. The van der Waals surface area contributed by atoms with Crippen molar-refractivity contribution in [3.8, 4) is 11.1 Å². The van der Waals surface area contributed by atoms with Gasteiger partial charge in [-0.05, 0) is 23.8 Å². The maximum absolute atomic E-state index is 12.2. The SMILES string of the molecule is COC(=O)/C=C(/Nc1cccc(C(=O)O)c1Nc1ccccc1-c1ccccc1)C(=O)OC. The number of para-hydroxylation sites is 2. The Morgan fingerprint density at radius 2 is 1.48 bits per heavy atom. The number of hydrogen-bond acceptors (Lipinski definition) is 7. The van der Waals surface area contributed by atoms with Crippen LogP contribution in [0.5, 0.6) is 0 Å². The summed E-state index contributed by atoms with van der Waals surface area (Å²) >= 11 is 0. The molecule has 0 aliphatic carbocycles. The van der Waals surface area contributed by atoms with E-state index in [-0.39, 0.29) is 22.6 Å². The minimum atomic E-state index is -1.17. The van der Waals surface area contributed by atoms with Gasteiger partial charge in [0.15, 0.2) is 0 Å². The van der Waals surface area contributed by atoms with Crippen molar-refractivity contribution in [1.82, 2.24) is 0 Å². The van der Waals surface area contributed by atoms with Crippen molar-refractivity contribution in [2.75, 3.05) is 24.9 Å². The fourth-order valence-corrected chi connectivity index (χ4v) is 3.14. The Hall–Kier alpha value is -4.59. The van der Waals surface area contributed by atoms with Gasteiger partial charge in [-0.25, -0.2) is 14.4 Å². The van der Waals surface area contributed by atoms with E-state index >= 15 is 0 Å². The molecule has 3 aromatic carbocycles. The summed E-state index contributed by atoms with van der Waals surface area (Å²) in [6, 6.07) is 21.6. The van der Waals surface area contributed by atoms with E-state index in [1.807, 2.05) is 54.6 Å². The zero-order valence-corrected chi connectivity index (χ0v) is 18.0. The molecule has 0 atom stereocenters. The molecular weight excluding hydrogens is 424 g/mol. The summed E-state index contributed by atoms with van der Waals surface area (Å²) < 4.78 is 9.32. The number of anilines is 3. The van der Waals surface area contributed by atoms with Crippen molar-refractivity contribution in [1.29, 1.82) is 0 Å². The van der Waals surface area contributed by atoms with Crippen molar-refractivity contribution >= 4 is 35.0 Å². The zero-order chi connectivity index (χ0) is 23.8. The van der Waals surface area contributed by atoms with E-state index in [2.05, 4.69) is 15.4 Å². The van der Waals surface area contributed by atoms with Crippen LogP contribution in [-0.2, 0) is 19.1 Å². The molecule has 0 aliphatic rings. The minimum absolute atomic E-state index is 0.0369. The van der Waals surface area contributed by atoms with Crippen molar-refractivity contribution in [3.05, 3.63) is 90.1 Å². The predicted octanol–water partition coefficient (Wildman–Crippen LogP) is 4.44. The highest BCUT2D eigenvalue weighted by Crippen LogP contribution is 2.35. The van der Waals surface area contributed by atoms with Crippen LogP contribution >= 0.6 is 0 Å². The molecule has 0 bridgehead atoms. The molecule has 3 rings (SSSR count). The fourth-order valence-electron chi connectivity index (χ4n) is 3.14. The number of carbonyl (C=O) groups is 3. The number of ether oxygens (including phenoxy) is 2. The Bertz CT molecular complexity index is 1200. The molecule has 168 valence electrons. The van der Waals surface area contributed by atoms with Gasteiger partial charge in [-0.15, -0.1) is 0 Å². The summed E-state index contributed by atoms with van der Waals surface area (Å²) in [6.07, 6.45) is 0.932. The van der Waals surface area contributed by atoms with E-state index < -0.39 is 17.9 Å². The lowest BCUT2D eigenvalue weighted by Crippen LogP contribution is -2.17. The number of benzene rings is 3. The Kier molecular flexibility index (Phi) is 7.43. The summed E-state index contributed by atoms with van der Waals surface area (Å²) in [4.78, 5) is 35.9. The molecule has 33 heavy (non-hydrogen) atoms. The van der Waals surface area contributed by atoms with Crippen molar-refractivity contribution in [2.24, 2.45) is 0 Å². The standard InChI is InChI=1S/C25H22N2O6/c1-32-22(28)15-21(25(31)33-2)26-20-14-8-12-18(24(29)30)23(20)27-19-13-7-6-11-17(19)16-9-4-3-5-10-16/h3-15,26-27H,1-2H3,(H,29,30)/b21-15+. The highest BCUT2D eigenvalue weighted by molar-refractivity contribution is 6.03. The number of hydrogen-bond donors (Lipinski definition) is 3. The number of carboxylic acid groups (broad SMARTS) is 1. The van der Waals surface area contributed by atoms with Crippen LogP contribution in [-0.4, -0.2) is 37.2 Å². The first kappa shape index (κ1) is 23.1. The summed E-state index contributed by atoms with van der Waals surface area (Å²) in [5, 5.41) is 15.8. The van der Waals surface area contributed by atoms with Gasteiger partial charge in [0.2, 0.25) is 0 Å². The molecule has 0 spiro atoms. The predicted molar refractivity (Wildman–Crippen MR) is 124 cm³/mol. The lowest BCUT2D eigenvalue weighted by Gasteiger charge is -2.19. The monoisotopic (exact) mass is 446 g/mol.